The van der Waals surface area contributed by atoms with Gasteiger partial charge >= 0.3 is 12.6 Å². The maximum absolute atomic E-state index is 15.0. The summed E-state index contributed by atoms with van der Waals surface area (Å²) in [5.41, 5.74) is 1.86. The number of alkyl halides is 3. The highest BCUT2D eigenvalue weighted by Crippen LogP contribution is 2.52. The van der Waals surface area contributed by atoms with Crippen LogP contribution < -0.4 is 35.6 Å². The number of amides is 4. The van der Waals surface area contributed by atoms with Crippen LogP contribution in [0.5, 0.6) is 5.75 Å². The van der Waals surface area contributed by atoms with Crippen molar-refractivity contribution in [2.75, 3.05) is 34.9 Å². The van der Waals surface area contributed by atoms with Gasteiger partial charge in [0, 0.05) is 24.4 Å². The van der Waals surface area contributed by atoms with E-state index in [-0.39, 0.29) is 43.0 Å². The third kappa shape index (κ3) is 9.57. The summed E-state index contributed by atoms with van der Waals surface area (Å²) in [5.74, 6) is -1.79. The third-order valence-corrected chi connectivity index (χ3v) is 13.2. The van der Waals surface area contributed by atoms with Crippen LogP contribution in [-0.2, 0) is 47.8 Å². The lowest BCUT2D eigenvalue weighted by molar-refractivity contribution is -0.146. The van der Waals surface area contributed by atoms with Gasteiger partial charge in [-0.2, -0.15) is 28.7 Å². The molecule has 2 unspecified atom stereocenters. The van der Waals surface area contributed by atoms with Gasteiger partial charge in [-0.25, -0.2) is 14.4 Å². The number of pyridine rings is 1. The largest absolute Gasteiger partial charge is 0.493 e. The minimum absolute atomic E-state index is 0.0560. The minimum Gasteiger partial charge on any atom is -0.493 e. The number of carbonyl (C=O) groups is 5. The summed E-state index contributed by atoms with van der Waals surface area (Å²) in [6, 6.07) is 9.48. The van der Waals surface area contributed by atoms with Gasteiger partial charge in [0.05, 0.1) is 46.6 Å². The maximum Gasteiger partial charge on any atom is 0.419 e. The van der Waals surface area contributed by atoms with Crippen molar-refractivity contribution in [2.24, 2.45) is 5.92 Å². The second-order valence-electron chi connectivity index (χ2n) is 15.1. The molecule has 320 valence electrons. The second-order valence-corrected chi connectivity index (χ2v) is 17.6. The van der Waals surface area contributed by atoms with Crippen LogP contribution in [0.2, 0.25) is 0 Å². The summed E-state index contributed by atoms with van der Waals surface area (Å²) in [5, 5.41) is 15.6. The molecule has 4 N–H and O–H groups in total. The molecule has 20 heteroatoms. The molecular formula is C40H44F4N8O7S. The average Bonchev–Trinajstić information content (AvgIpc) is 3.45. The number of hydroxylamine groups is 1. The Hall–Kier alpha value is -5.94. The van der Waals surface area contributed by atoms with Gasteiger partial charge in [-0.15, -0.1) is 11.1 Å². The molecule has 2 aromatic carbocycles. The Kier molecular flexibility index (Phi) is 13.2. The number of rotatable bonds is 14. The zero-order valence-corrected chi connectivity index (χ0v) is 33.8. The molecule has 0 radical (unpaired) electrons. The van der Waals surface area contributed by atoms with Crippen LogP contribution in [-0.4, -0.2) is 65.6 Å². The van der Waals surface area contributed by atoms with Gasteiger partial charge in [0.15, 0.2) is 5.69 Å². The Morgan fingerprint density at radius 3 is 2.53 bits per heavy atom. The van der Waals surface area contributed by atoms with E-state index in [2.05, 4.69) is 25.3 Å². The fourth-order valence-corrected chi connectivity index (χ4v) is 9.79. The molecule has 4 amide bonds. The van der Waals surface area contributed by atoms with E-state index in [0.29, 0.717) is 49.5 Å². The van der Waals surface area contributed by atoms with Crippen LogP contribution in [0.25, 0.3) is 0 Å². The van der Waals surface area contributed by atoms with Crippen molar-refractivity contribution in [1.29, 1.82) is 5.26 Å². The Morgan fingerprint density at radius 2 is 1.87 bits per heavy atom. The van der Waals surface area contributed by atoms with E-state index >= 15 is 0 Å². The van der Waals surface area contributed by atoms with Gasteiger partial charge in [0.1, 0.15) is 23.7 Å². The first-order valence-electron chi connectivity index (χ1n) is 19.2. The number of nitrogens with one attached hydrogen (secondary N) is 4. The molecule has 15 nitrogen and oxygen atoms in total. The molecule has 0 aliphatic carbocycles. The number of anilines is 3. The van der Waals surface area contributed by atoms with Crippen molar-refractivity contribution in [3.63, 3.8) is 0 Å². The number of hydrogen-bond donors (Lipinski definition) is 5. The number of piperidine rings is 2. The average molecular weight is 857 g/mol. The molecule has 0 saturated carbocycles. The van der Waals surface area contributed by atoms with Crippen LogP contribution in [0.4, 0.5) is 34.6 Å². The number of carbonyl (C=O) groups excluding carboxylic acids is 5. The van der Waals surface area contributed by atoms with Crippen molar-refractivity contribution in [3.8, 4) is 11.8 Å². The summed E-state index contributed by atoms with van der Waals surface area (Å²) >= 11 is -1.45. The summed E-state index contributed by atoms with van der Waals surface area (Å²) in [6.45, 7) is 6.94. The number of hydrazine groups is 1. The Morgan fingerprint density at radius 1 is 1.12 bits per heavy atom. The molecular weight excluding hydrogens is 813 g/mol. The van der Waals surface area contributed by atoms with Gasteiger partial charge in [-0.3, -0.25) is 29.3 Å². The quantitative estimate of drug-likeness (QED) is 0.0484. The number of aryl methyl sites for hydroxylation is 1. The molecule has 3 aliphatic heterocycles. The van der Waals surface area contributed by atoms with Crippen molar-refractivity contribution < 1.29 is 51.1 Å². The van der Waals surface area contributed by atoms with E-state index in [4.69, 9.17) is 10.00 Å². The molecule has 3 saturated heterocycles. The standard InChI is InChI=1S/C40H44F4N8O7S/c1-4-24-16-28(60-39(2,3)38(57)52(50-60)27-19-29(40(42,43)44)32(20-45)46-21-27)5-7-33(24)58-14-11-23-9-12-51(13-10-23)36-25(17-35(55)49-59-22-53)15-26(41)18-31(36)47-30-6-8-34(54)48-37(30)56/h5,7,15-16,18-19,21-23,30,47,50,60H,4,6,8-14,17H2,1-3H3,(H,49,55)(H,48,54,56). The molecule has 60 heavy (non-hydrogen) atoms. The molecule has 3 aromatic rings. The van der Waals surface area contributed by atoms with Crippen LogP contribution in [0.1, 0.15) is 75.3 Å². The maximum atomic E-state index is 15.0. The number of hydrogen-bond acceptors (Lipinski definition) is 12. The van der Waals surface area contributed by atoms with Crippen molar-refractivity contribution >= 4 is 58.2 Å². The highest BCUT2D eigenvalue weighted by atomic mass is 32.2. The number of aromatic nitrogens is 1. The predicted molar refractivity (Wildman–Crippen MR) is 212 cm³/mol. The molecule has 0 bridgehead atoms. The van der Waals surface area contributed by atoms with Gasteiger partial charge in [-0.1, -0.05) is 6.92 Å². The smallest absolute Gasteiger partial charge is 0.419 e. The molecule has 4 heterocycles. The summed E-state index contributed by atoms with van der Waals surface area (Å²) in [6.07, 6.45) is -1.00. The summed E-state index contributed by atoms with van der Waals surface area (Å²) in [7, 11) is 0. The van der Waals surface area contributed by atoms with Crippen molar-refractivity contribution in [2.45, 2.75) is 87.6 Å². The topological polar surface area (TPSA) is 195 Å². The van der Waals surface area contributed by atoms with E-state index in [1.165, 1.54) is 18.2 Å². The summed E-state index contributed by atoms with van der Waals surface area (Å²) < 4.78 is 61.3. The van der Waals surface area contributed by atoms with Crippen LogP contribution in [0, 0.1) is 23.1 Å². The number of thiol groups is 1. The second kappa shape index (κ2) is 18.1. The molecule has 0 spiro atoms. The minimum atomic E-state index is -4.84. The Balaban J connectivity index is 1.11. The number of ether oxygens (including phenoxy) is 1. The molecule has 6 rings (SSSR count). The first-order valence-corrected chi connectivity index (χ1v) is 20.6. The number of benzene rings is 2. The van der Waals surface area contributed by atoms with E-state index < -0.39 is 68.7 Å². The normalized spacial score (nSPS) is 20.0. The zero-order chi connectivity index (χ0) is 43.4. The Bertz CT molecular complexity index is 2210. The molecule has 1 aromatic heterocycles. The van der Waals surface area contributed by atoms with Gasteiger partial charge in [0.25, 0.3) is 11.8 Å². The first-order chi connectivity index (χ1) is 28.5. The fourth-order valence-electron chi connectivity index (χ4n) is 7.57. The lowest BCUT2D eigenvalue weighted by Gasteiger charge is -2.37. The first kappa shape index (κ1) is 43.6. The van der Waals surface area contributed by atoms with Crippen LogP contribution >= 0.6 is 11.1 Å². The van der Waals surface area contributed by atoms with Gasteiger partial charge in [-0.05, 0) is 99.4 Å². The number of nitriles is 1. The van der Waals surface area contributed by atoms with Gasteiger partial charge < -0.3 is 19.8 Å². The van der Waals surface area contributed by atoms with E-state index in [1.54, 1.807) is 13.8 Å². The number of nitrogens with zero attached hydrogens (tertiary/aromatic N) is 4. The fraction of sp³-hybridized carbons (Fsp3) is 0.425. The van der Waals surface area contributed by atoms with E-state index in [1.807, 2.05) is 35.5 Å². The van der Waals surface area contributed by atoms with Crippen LogP contribution in [0.3, 0.4) is 0 Å². The summed E-state index contributed by atoms with van der Waals surface area (Å²) in [4.78, 5) is 75.1. The highest BCUT2D eigenvalue weighted by Gasteiger charge is 2.47. The van der Waals surface area contributed by atoms with E-state index in [0.717, 1.165) is 40.6 Å². The van der Waals surface area contributed by atoms with Gasteiger partial charge in [0.2, 0.25) is 11.8 Å². The van der Waals surface area contributed by atoms with Crippen LogP contribution in [0.15, 0.2) is 47.5 Å². The van der Waals surface area contributed by atoms with E-state index in [9.17, 15) is 41.5 Å². The Labute approximate surface area is 345 Å². The number of imide groups is 1. The molecule has 3 aliphatic rings. The monoisotopic (exact) mass is 856 g/mol. The van der Waals surface area contributed by atoms with Crippen molar-refractivity contribution in [1.82, 2.24) is 20.6 Å². The number of halogens is 4. The zero-order valence-electron chi connectivity index (χ0n) is 33.0. The predicted octanol–water partition coefficient (Wildman–Crippen LogP) is 4.93. The lowest BCUT2D eigenvalue weighted by atomic mass is 9.92. The third-order valence-electron chi connectivity index (χ3n) is 10.7. The van der Waals surface area contributed by atoms with Crippen molar-refractivity contribution in [3.05, 3.63) is 70.8 Å². The SMILES string of the molecule is CCc1cc([SH]2NN(c3cnc(C#N)c(C(F)(F)F)c3)C(=O)C2(C)C)ccc1OCCC1CCN(c2c(CC(=O)NOC=O)cc(F)cc2NC2CCC(=O)NC2=O)CC1. The lowest BCUT2D eigenvalue weighted by Crippen LogP contribution is -2.47. The highest BCUT2D eigenvalue weighted by molar-refractivity contribution is 8.17. The molecule has 2 atom stereocenters. The molecule has 3 fully saturated rings.